The van der Waals surface area contributed by atoms with Gasteiger partial charge in [-0.1, -0.05) is 12.1 Å². The number of halogens is 2. The molecule has 2 saturated heterocycles. The van der Waals surface area contributed by atoms with Crippen molar-refractivity contribution in [1.82, 2.24) is 4.90 Å². The number of alkyl halides is 1. The van der Waals surface area contributed by atoms with Crippen molar-refractivity contribution in [2.45, 2.75) is 43.7 Å². The summed E-state index contributed by atoms with van der Waals surface area (Å²) in [4.78, 5) is 14.2. The molecule has 5 heteroatoms. The fraction of sp³-hybridized carbons (Fsp3) is 0.588. The third kappa shape index (κ3) is 3.02. The van der Waals surface area contributed by atoms with E-state index in [0.29, 0.717) is 19.0 Å². The number of piperidine rings is 1. The zero-order chi connectivity index (χ0) is 15.7. The Morgan fingerprint density at radius 3 is 2.68 bits per heavy atom. The van der Waals surface area contributed by atoms with Crippen molar-refractivity contribution in [1.29, 1.82) is 0 Å². The van der Waals surface area contributed by atoms with Crippen LogP contribution in [0.4, 0.5) is 4.39 Å². The molecule has 120 valence electrons. The first-order chi connectivity index (χ1) is 10.6. The van der Waals surface area contributed by atoms with Gasteiger partial charge in [-0.25, -0.2) is 0 Å². The van der Waals surface area contributed by atoms with E-state index in [1.54, 1.807) is 0 Å². The summed E-state index contributed by atoms with van der Waals surface area (Å²) < 4.78 is 13.7. The molecular formula is C17H21FINO2. The SMILES string of the molecule is O=C(O)C1C(c2ccc(I)cc2)CC2CCC1N2CCCF. The van der Waals surface area contributed by atoms with Crippen molar-refractivity contribution in [2.24, 2.45) is 5.92 Å². The minimum Gasteiger partial charge on any atom is -0.481 e. The number of nitrogens with zero attached hydrogens (tertiary/aromatic N) is 1. The van der Waals surface area contributed by atoms with E-state index in [1.807, 2.05) is 12.1 Å². The van der Waals surface area contributed by atoms with Crippen LogP contribution in [0.2, 0.25) is 0 Å². The van der Waals surface area contributed by atoms with E-state index in [9.17, 15) is 14.3 Å². The molecule has 0 amide bonds. The molecule has 2 bridgehead atoms. The Morgan fingerprint density at radius 2 is 2.05 bits per heavy atom. The summed E-state index contributed by atoms with van der Waals surface area (Å²) in [6.45, 7) is 0.364. The summed E-state index contributed by atoms with van der Waals surface area (Å²) in [5.74, 6) is -1.01. The summed E-state index contributed by atoms with van der Waals surface area (Å²) in [6, 6.07) is 8.71. The third-order valence-electron chi connectivity index (χ3n) is 5.20. The van der Waals surface area contributed by atoms with E-state index in [1.165, 1.54) is 0 Å². The Balaban J connectivity index is 1.87. The molecule has 4 atom stereocenters. The monoisotopic (exact) mass is 417 g/mol. The second-order valence-electron chi connectivity index (χ2n) is 6.34. The zero-order valence-electron chi connectivity index (χ0n) is 12.4. The number of fused-ring (bicyclic) bond motifs is 2. The number of rotatable bonds is 5. The second-order valence-corrected chi connectivity index (χ2v) is 7.58. The minimum absolute atomic E-state index is 0.0621. The molecule has 3 nitrogen and oxygen atoms in total. The molecule has 22 heavy (non-hydrogen) atoms. The van der Waals surface area contributed by atoms with Gasteiger partial charge >= 0.3 is 5.97 Å². The summed E-state index contributed by atoms with van der Waals surface area (Å²) in [7, 11) is 0. The van der Waals surface area contributed by atoms with Gasteiger partial charge in [-0.05, 0) is 66.0 Å². The third-order valence-corrected chi connectivity index (χ3v) is 5.92. The molecule has 0 aromatic heterocycles. The first-order valence-electron chi connectivity index (χ1n) is 7.91. The van der Waals surface area contributed by atoms with E-state index in [4.69, 9.17) is 0 Å². The van der Waals surface area contributed by atoms with Crippen LogP contribution in [0.25, 0.3) is 0 Å². The standard InChI is InChI=1S/C17H21FINO2/c18-8-1-9-20-13-6-7-15(20)16(17(21)22)14(10-13)11-2-4-12(19)5-3-11/h2-5,13-16H,1,6-10H2,(H,21,22). The van der Waals surface area contributed by atoms with Crippen LogP contribution in [0.1, 0.15) is 37.2 Å². The summed E-state index contributed by atoms with van der Waals surface area (Å²) >= 11 is 2.26. The van der Waals surface area contributed by atoms with Crippen LogP contribution in [0.3, 0.4) is 0 Å². The molecule has 2 aliphatic heterocycles. The molecular weight excluding hydrogens is 396 g/mol. The Kier molecular flexibility index (Phi) is 5.02. The first-order valence-corrected chi connectivity index (χ1v) is 8.99. The van der Waals surface area contributed by atoms with Gasteiger partial charge in [-0.3, -0.25) is 14.1 Å². The van der Waals surface area contributed by atoms with Crippen LogP contribution in [-0.2, 0) is 4.79 Å². The number of carbonyl (C=O) groups is 1. The first kappa shape index (κ1) is 16.2. The Labute approximate surface area is 144 Å². The van der Waals surface area contributed by atoms with Gasteiger partial charge in [0.15, 0.2) is 0 Å². The molecule has 3 rings (SSSR count). The van der Waals surface area contributed by atoms with E-state index in [2.05, 4.69) is 39.6 Å². The molecule has 0 spiro atoms. The average molecular weight is 417 g/mol. The van der Waals surface area contributed by atoms with E-state index in [0.717, 1.165) is 28.4 Å². The van der Waals surface area contributed by atoms with Crippen LogP contribution in [0, 0.1) is 9.49 Å². The van der Waals surface area contributed by atoms with Gasteiger partial charge in [0.25, 0.3) is 0 Å². The maximum Gasteiger partial charge on any atom is 0.308 e. The van der Waals surface area contributed by atoms with Gasteiger partial charge in [0.1, 0.15) is 0 Å². The Hall–Kier alpha value is -0.690. The lowest BCUT2D eigenvalue weighted by Crippen LogP contribution is -2.51. The number of benzene rings is 1. The Bertz CT molecular complexity index is 536. The van der Waals surface area contributed by atoms with Crippen LogP contribution < -0.4 is 0 Å². The molecule has 2 fully saturated rings. The highest BCUT2D eigenvalue weighted by molar-refractivity contribution is 14.1. The number of carboxylic acids is 1. The highest BCUT2D eigenvalue weighted by Crippen LogP contribution is 2.47. The summed E-state index contributed by atoms with van der Waals surface area (Å²) in [6.07, 6.45) is 3.35. The molecule has 1 aromatic carbocycles. The number of hydrogen-bond acceptors (Lipinski definition) is 2. The lowest BCUT2D eigenvalue weighted by molar-refractivity contribution is -0.146. The second kappa shape index (κ2) is 6.83. The van der Waals surface area contributed by atoms with Crippen molar-refractivity contribution in [2.75, 3.05) is 13.2 Å². The molecule has 4 unspecified atom stereocenters. The maximum absolute atomic E-state index is 12.5. The van der Waals surface area contributed by atoms with Crippen molar-refractivity contribution in [3.63, 3.8) is 0 Å². The minimum atomic E-state index is -0.709. The molecule has 2 aliphatic rings. The van der Waals surface area contributed by atoms with E-state index in [-0.39, 0.29) is 24.6 Å². The Morgan fingerprint density at radius 1 is 1.32 bits per heavy atom. The van der Waals surface area contributed by atoms with Crippen molar-refractivity contribution >= 4 is 28.6 Å². The van der Waals surface area contributed by atoms with Crippen LogP contribution in [-0.4, -0.2) is 41.3 Å². The topological polar surface area (TPSA) is 40.5 Å². The quantitative estimate of drug-likeness (QED) is 0.744. The van der Waals surface area contributed by atoms with Gasteiger partial charge in [0.05, 0.1) is 12.6 Å². The van der Waals surface area contributed by atoms with E-state index >= 15 is 0 Å². The molecule has 1 N–H and O–H groups in total. The summed E-state index contributed by atoms with van der Waals surface area (Å²) in [5, 5.41) is 9.79. The fourth-order valence-electron chi connectivity index (χ4n) is 4.29. The van der Waals surface area contributed by atoms with Gasteiger partial charge < -0.3 is 5.11 Å². The largest absolute Gasteiger partial charge is 0.481 e. The lowest BCUT2D eigenvalue weighted by atomic mass is 9.76. The fourth-order valence-corrected chi connectivity index (χ4v) is 4.65. The molecule has 2 heterocycles. The van der Waals surface area contributed by atoms with Gasteiger partial charge in [0, 0.05) is 28.1 Å². The van der Waals surface area contributed by atoms with Crippen LogP contribution in [0.15, 0.2) is 24.3 Å². The number of carboxylic acid groups (broad SMARTS) is 1. The smallest absolute Gasteiger partial charge is 0.308 e. The van der Waals surface area contributed by atoms with Crippen LogP contribution >= 0.6 is 22.6 Å². The molecule has 0 aliphatic carbocycles. The van der Waals surface area contributed by atoms with Gasteiger partial charge in [-0.2, -0.15) is 0 Å². The molecule has 1 aromatic rings. The van der Waals surface area contributed by atoms with Crippen molar-refractivity contribution in [3.05, 3.63) is 33.4 Å². The predicted molar refractivity (Wildman–Crippen MR) is 91.8 cm³/mol. The maximum atomic E-state index is 12.5. The van der Waals surface area contributed by atoms with Crippen molar-refractivity contribution < 1.29 is 14.3 Å². The predicted octanol–water partition coefficient (Wildman–Crippen LogP) is 3.67. The zero-order valence-corrected chi connectivity index (χ0v) is 14.6. The normalized spacial score (nSPS) is 31.4. The van der Waals surface area contributed by atoms with Gasteiger partial charge in [-0.15, -0.1) is 0 Å². The van der Waals surface area contributed by atoms with Crippen molar-refractivity contribution in [3.8, 4) is 0 Å². The van der Waals surface area contributed by atoms with Crippen LogP contribution in [0.5, 0.6) is 0 Å². The highest BCUT2D eigenvalue weighted by Gasteiger charge is 2.50. The van der Waals surface area contributed by atoms with Gasteiger partial charge in [0.2, 0.25) is 0 Å². The lowest BCUT2D eigenvalue weighted by Gasteiger charge is -2.43. The average Bonchev–Trinajstić information content (AvgIpc) is 2.76. The van der Waals surface area contributed by atoms with E-state index < -0.39 is 5.97 Å². The molecule has 0 saturated carbocycles. The number of aliphatic carboxylic acids is 1. The highest BCUT2D eigenvalue weighted by atomic mass is 127. The number of hydrogen-bond donors (Lipinski definition) is 1. The summed E-state index contributed by atoms with van der Waals surface area (Å²) in [5.41, 5.74) is 1.13. The molecule has 0 radical (unpaired) electrons.